The Morgan fingerprint density at radius 2 is 2.08 bits per heavy atom. The van der Waals surface area contributed by atoms with Gasteiger partial charge in [-0.2, -0.15) is 4.98 Å². The van der Waals surface area contributed by atoms with Gasteiger partial charge in [0, 0.05) is 11.4 Å². The number of likely N-dealkylation sites (tertiary alicyclic amines) is 1. The summed E-state index contributed by atoms with van der Waals surface area (Å²) < 4.78 is 7.29. The van der Waals surface area contributed by atoms with Crippen LogP contribution in [-0.2, 0) is 16.0 Å². The topological polar surface area (TPSA) is 84.7 Å². The minimum atomic E-state index is -0.0648. The van der Waals surface area contributed by atoms with Crippen molar-refractivity contribution in [3.8, 4) is 0 Å². The van der Waals surface area contributed by atoms with Crippen LogP contribution in [0.4, 0.5) is 0 Å². The number of fused-ring (bicyclic) bond motifs is 1. The summed E-state index contributed by atoms with van der Waals surface area (Å²) in [5, 5.41) is 7.51. The van der Waals surface area contributed by atoms with Crippen molar-refractivity contribution in [2.45, 2.75) is 45.2 Å². The maximum atomic E-state index is 12.5. The first kappa shape index (κ1) is 16.4. The molecule has 8 heteroatoms. The molecule has 2 aromatic rings. The lowest BCUT2D eigenvalue weighted by atomic mass is 10.1. The number of nitrogens with one attached hydrogen (secondary N) is 1. The third-order valence-electron chi connectivity index (χ3n) is 4.99. The van der Waals surface area contributed by atoms with Crippen molar-refractivity contribution in [1.29, 1.82) is 0 Å². The molecule has 0 aliphatic carbocycles. The zero-order valence-electron chi connectivity index (χ0n) is 14.7. The third kappa shape index (κ3) is 3.36. The van der Waals surface area contributed by atoms with Crippen molar-refractivity contribution in [2.75, 3.05) is 26.3 Å². The molecule has 0 spiro atoms. The van der Waals surface area contributed by atoms with Gasteiger partial charge in [0.25, 0.3) is 5.78 Å². The predicted octanol–water partition coefficient (Wildman–Crippen LogP) is 0.263. The number of carbonyl (C=O) groups excluding carboxylic acids is 1. The van der Waals surface area contributed by atoms with Gasteiger partial charge in [-0.05, 0) is 45.8 Å². The summed E-state index contributed by atoms with van der Waals surface area (Å²) in [4.78, 5) is 23.6. The average Bonchev–Trinajstić information content (AvgIpc) is 3.26. The van der Waals surface area contributed by atoms with E-state index in [4.69, 9.17) is 4.74 Å². The number of hydrogen-bond acceptors (Lipinski definition) is 6. The Morgan fingerprint density at radius 3 is 2.88 bits per heavy atom. The van der Waals surface area contributed by atoms with Crippen molar-refractivity contribution in [2.24, 2.45) is 0 Å². The van der Waals surface area contributed by atoms with Crippen molar-refractivity contribution in [3.63, 3.8) is 0 Å². The summed E-state index contributed by atoms with van der Waals surface area (Å²) in [6.45, 7) is 7.34. The Kier molecular flexibility index (Phi) is 4.39. The number of aryl methyl sites for hydroxylation is 2. The molecule has 8 nitrogen and oxygen atoms in total. The zero-order valence-corrected chi connectivity index (χ0v) is 14.7. The smallest absolute Gasteiger partial charge is 0.252 e. The van der Waals surface area contributed by atoms with Gasteiger partial charge in [-0.3, -0.25) is 9.69 Å². The van der Waals surface area contributed by atoms with Gasteiger partial charge in [0.15, 0.2) is 5.82 Å². The minimum absolute atomic E-state index is 0.0461. The predicted molar refractivity (Wildman–Crippen MR) is 91.3 cm³/mol. The van der Waals surface area contributed by atoms with E-state index in [-0.39, 0.29) is 24.4 Å². The minimum Gasteiger partial charge on any atom is -0.378 e. The van der Waals surface area contributed by atoms with E-state index in [1.54, 1.807) is 4.52 Å². The van der Waals surface area contributed by atoms with Gasteiger partial charge in [0.2, 0.25) is 5.91 Å². The Balaban J connectivity index is 1.42. The van der Waals surface area contributed by atoms with Crippen LogP contribution in [0.15, 0.2) is 6.07 Å². The first-order chi connectivity index (χ1) is 12.1. The summed E-state index contributed by atoms with van der Waals surface area (Å²) in [6.07, 6.45) is 2.62. The lowest BCUT2D eigenvalue weighted by Gasteiger charge is -2.27. The van der Waals surface area contributed by atoms with Gasteiger partial charge in [0.05, 0.1) is 31.7 Å². The second-order valence-corrected chi connectivity index (χ2v) is 6.98. The molecule has 2 saturated heterocycles. The standard InChI is InChI=1S/C17H24N6O2/c1-11-7-12(2)23-17(18-11)20-15(21-23)8-16(24)19-13-9-25-10-14(13)22-5-3-4-6-22/h7,13-14H,3-6,8-10H2,1-2H3,(H,19,24)/t13-,14-/m1/s1. The van der Waals surface area contributed by atoms with Crippen LogP contribution in [0.2, 0.25) is 0 Å². The van der Waals surface area contributed by atoms with Gasteiger partial charge < -0.3 is 10.1 Å². The van der Waals surface area contributed by atoms with Crippen molar-refractivity contribution in [3.05, 3.63) is 23.3 Å². The zero-order chi connectivity index (χ0) is 17.4. The van der Waals surface area contributed by atoms with E-state index in [2.05, 4.69) is 25.3 Å². The highest BCUT2D eigenvalue weighted by atomic mass is 16.5. The van der Waals surface area contributed by atoms with E-state index in [1.807, 2.05) is 19.9 Å². The van der Waals surface area contributed by atoms with Crippen LogP contribution in [0, 0.1) is 13.8 Å². The average molecular weight is 344 g/mol. The molecule has 2 aliphatic rings. The Labute approximate surface area is 146 Å². The molecular weight excluding hydrogens is 320 g/mol. The molecule has 0 aromatic carbocycles. The maximum absolute atomic E-state index is 12.5. The number of aromatic nitrogens is 4. The molecule has 25 heavy (non-hydrogen) atoms. The molecule has 0 radical (unpaired) electrons. The van der Waals surface area contributed by atoms with Gasteiger partial charge in [-0.25, -0.2) is 9.50 Å². The van der Waals surface area contributed by atoms with E-state index in [9.17, 15) is 4.79 Å². The second kappa shape index (κ2) is 6.68. The van der Waals surface area contributed by atoms with Gasteiger partial charge >= 0.3 is 0 Å². The van der Waals surface area contributed by atoms with Gasteiger partial charge in [-0.15, -0.1) is 5.10 Å². The van der Waals surface area contributed by atoms with Gasteiger partial charge in [0.1, 0.15) is 0 Å². The summed E-state index contributed by atoms with van der Waals surface area (Å²) in [5.41, 5.74) is 1.85. The molecule has 2 atom stereocenters. The van der Waals surface area contributed by atoms with Crippen LogP contribution in [0.25, 0.3) is 5.78 Å². The fraction of sp³-hybridized carbons (Fsp3) is 0.647. The fourth-order valence-electron chi connectivity index (χ4n) is 3.80. The Hall–Kier alpha value is -2.06. The summed E-state index contributed by atoms with van der Waals surface area (Å²) in [6, 6.07) is 2.28. The molecular formula is C17H24N6O2. The first-order valence-corrected chi connectivity index (χ1v) is 8.91. The van der Waals surface area contributed by atoms with Crippen molar-refractivity contribution in [1.82, 2.24) is 29.8 Å². The second-order valence-electron chi connectivity index (χ2n) is 6.98. The Bertz CT molecular complexity index is 783. The van der Waals surface area contributed by atoms with Crippen LogP contribution in [-0.4, -0.2) is 68.8 Å². The quantitative estimate of drug-likeness (QED) is 0.857. The first-order valence-electron chi connectivity index (χ1n) is 8.91. The molecule has 4 heterocycles. The number of ether oxygens (including phenoxy) is 1. The van der Waals surface area contributed by atoms with Crippen LogP contribution < -0.4 is 5.32 Å². The van der Waals surface area contributed by atoms with Crippen LogP contribution >= 0.6 is 0 Å². The van der Waals surface area contributed by atoms with Crippen LogP contribution in [0.5, 0.6) is 0 Å². The highest BCUT2D eigenvalue weighted by Crippen LogP contribution is 2.19. The highest BCUT2D eigenvalue weighted by molar-refractivity contribution is 5.78. The van der Waals surface area contributed by atoms with E-state index in [0.717, 1.165) is 24.5 Å². The normalized spacial score (nSPS) is 24.2. The molecule has 4 rings (SSSR count). The van der Waals surface area contributed by atoms with Crippen molar-refractivity contribution >= 4 is 11.7 Å². The lowest BCUT2D eigenvalue weighted by Crippen LogP contribution is -2.50. The SMILES string of the molecule is Cc1cc(C)n2nc(CC(=O)N[C@@H]3COC[C@H]3N3CCCC3)nc2n1. The van der Waals surface area contributed by atoms with Crippen molar-refractivity contribution < 1.29 is 9.53 Å². The molecule has 134 valence electrons. The largest absolute Gasteiger partial charge is 0.378 e. The molecule has 0 bridgehead atoms. The van der Waals surface area contributed by atoms with E-state index in [1.165, 1.54) is 12.8 Å². The van der Waals surface area contributed by atoms with E-state index in [0.29, 0.717) is 24.8 Å². The third-order valence-corrected chi connectivity index (χ3v) is 4.99. The summed E-state index contributed by atoms with van der Waals surface area (Å²) >= 11 is 0. The molecule has 0 saturated carbocycles. The fourth-order valence-corrected chi connectivity index (χ4v) is 3.80. The van der Waals surface area contributed by atoms with Crippen LogP contribution in [0.1, 0.15) is 30.1 Å². The Morgan fingerprint density at radius 1 is 1.28 bits per heavy atom. The maximum Gasteiger partial charge on any atom is 0.252 e. The molecule has 1 N–H and O–H groups in total. The van der Waals surface area contributed by atoms with E-state index < -0.39 is 0 Å². The van der Waals surface area contributed by atoms with Gasteiger partial charge in [-0.1, -0.05) is 0 Å². The summed E-state index contributed by atoms with van der Waals surface area (Å²) in [7, 11) is 0. The number of hydrogen-bond donors (Lipinski definition) is 1. The number of carbonyl (C=O) groups is 1. The molecule has 1 amide bonds. The summed E-state index contributed by atoms with van der Waals surface area (Å²) in [5.74, 6) is 0.972. The number of nitrogens with zero attached hydrogens (tertiary/aromatic N) is 5. The van der Waals surface area contributed by atoms with Crippen LogP contribution in [0.3, 0.4) is 0 Å². The number of rotatable bonds is 4. The molecule has 2 fully saturated rings. The molecule has 0 unspecified atom stereocenters. The van der Waals surface area contributed by atoms with E-state index >= 15 is 0 Å². The lowest BCUT2D eigenvalue weighted by molar-refractivity contribution is -0.121. The molecule has 2 aromatic heterocycles. The molecule has 2 aliphatic heterocycles. The monoisotopic (exact) mass is 344 g/mol. The highest BCUT2D eigenvalue weighted by Gasteiger charge is 2.35. The number of amides is 1.